The molecule has 0 bridgehead atoms. The highest BCUT2D eigenvalue weighted by Crippen LogP contribution is 2.50. The van der Waals surface area contributed by atoms with E-state index in [2.05, 4.69) is 56.3 Å². The van der Waals surface area contributed by atoms with E-state index in [1.54, 1.807) is 9.13 Å². The minimum atomic E-state index is -0.259. The maximum absolute atomic E-state index is 12.8. The molecular weight excluding hydrogens is 554 g/mol. The van der Waals surface area contributed by atoms with Crippen molar-refractivity contribution in [1.29, 1.82) is 0 Å². The van der Waals surface area contributed by atoms with Gasteiger partial charge in [-0.25, -0.2) is 19.7 Å². The number of benzene rings is 5. The van der Waals surface area contributed by atoms with E-state index in [9.17, 15) is 4.79 Å². The van der Waals surface area contributed by atoms with E-state index in [4.69, 9.17) is 15.0 Å². The van der Waals surface area contributed by atoms with Crippen LogP contribution >= 0.6 is 0 Å². The molecule has 2 aromatic heterocycles. The van der Waals surface area contributed by atoms with Crippen molar-refractivity contribution in [3.63, 3.8) is 0 Å². The van der Waals surface area contributed by atoms with Crippen molar-refractivity contribution in [2.45, 2.75) is 19.3 Å². The van der Waals surface area contributed by atoms with Gasteiger partial charge in [0.25, 0.3) is 0 Å². The van der Waals surface area contributed by atoms with Gasteiger partial charge in [-0.1, -0.05) is 111 Å². The third kappa shape index (κ3) is 4.17. The van der Waals surface area contributed by atoms with Gasteiger partial charge in [0.1, 0.15) is 0 Å². The van der Waals surface area contributed by atoms with Crippen molar-refractivity contribution in [3.05, 3.63) is 137 Å². The SMILES string of the molecule is Cn1c(=O)n(C)c2c(-c3ccc4c(c3)C(C)(C)c3cc(-c5nc(-c6ccccc6)nc(-c6ccccc6)n5)ccc3-4)cccc21. The summed E-state index contributed by atoms with van der Waals surface area (Å²) >= 11 is 0. The van der Waals surface area contributed by atoms with E-state index in [0.29, 0.717) is 17.5 Å². The van der Waals surface area contributed by atoms with Gasteiger partial charge in [-0.15, -0.1) is 0 Å². The number of fused-ring (bicyclic) bond motifs is 4. The molecule has 5 aromatic carbocycles. The van der Waals surface area contributed by atoms with Crippen LogP contribution in [0.1, 0.15) is 25.0 Å². The molecule has 45 heavy (non-hydrogen) atoms. The van der Waals surface area contributed by atoms with Crippen LogP contribution in [0.5, 0.6) is 0 Å². The zero-order valence-electron chi connectivity index (χ0n) is 25.6. The number of para-hydroxylation sites is 1. The van der Waals surface area contributed by atoms with Crippen LogP contribution < -0.4 is 5.69 Å². The number of hydrogen-bond acceptors (Lipinski definition) is 4. The van der Waals surface area contributed by atoms with Crippen LogP contribution in [-0.2, 0) is 19.5 Å². The summed E-state index contributed by atoms with van der Waals surface area (Å²) in [6.45, 7) is 4.56. The van der Waals surface area contributed by atoms with E-state index in [1.165, 1.54) is 22.3 Å². The molecule has 0 amide bonds. The largest absolute Gasteiger partial charge is 0.328 e. The molecule has 0 saturated carbocycles. The number of rotatable bonds is 4. The standard InChI is InChI=1S/C39H31N5O/c1-39(2)31-22-26(28-16-11-17-33-34(28)44(4)38(45)43(33)3)18-20-29(31)30-21-19-27(23-32(30)39)37-41-35(24-12-7-5-8-13-24)40-36(42-37)25-14-9-6-10-15-25/h5-23H,1-4H3. The maximum Gasteiger partial charge on any atom is 0.328 e. The summed E-state index contributed by atoms with van der Waals surface area (Å²) in [5.41, 5.74) is 11.5. The van der Waals surface area contributed by atoms with E-state index >= 15 is 0 Å². The third-order valence-corrected chi connectivity index (χ3v) is 9.23. The fourth-order valence-electron chi connectivity index (χ4n) is 6.79. The van der Waals surface area contributed by atoms with Crippen LogP contribution in [0.4, 0.5) is 0 Å². The average molecular weight is 586 g/mol. The van der Waals surface area contributed by atoms with Crippen LogP contribution in [0.2, 0.25) is 0 Å². The van der Waals surface area contributed by atoms with Crippen molar-refractivity contribution >= 4 is 11.0 Å². The molecule has 0 fully saturated rings. The summed E-state index contributed by atoms with van der Waals surface area (Å²) in [7, 11) is 3.67. The van der Waals surface area contributed by atoms with Gasteiger partial charge in [-0.2, -0.15) is 0 Å². The zero-order valence-corrected chi connectivity index (χ0v) is 25.6. The first-order chi connectivity index (χ1) is 21.8. The minimum Gasteiger partial charge on any atom is -0.295 e. The van der Waals surface area contributed by atoms with Crippen LogP contribution in [-0.4, -0.2) is 24.1 Å². The van der Waals surface area contributed by atoms with Crippen molar-refractivity contribution in [3.8, 4) is 56.4 Å². The van der Waals surface area contributed by atoms with E-state index in [1.807, 2.05) is 86.9 Å². The Morgan fingerprint density at radius 2 is 1.02 bits per heavy atom. The van der Waals surface area contributed by atoms with Crippen molar-refractivity contribution in [2.24, 2.45) is 14.1 Å². The lowest BCUT2D eigenvalue weighted by atomic mass is 9.81. The Bertz CT molecular complexity index is 2270. The summed E-state index contributed by atoms with van der Waals surface area (Å²) in [5.74, 6) is 1.95. The predicted octanol–water partition coefficient (Wildman–Crippen LogP) is 8.04. The smallest absolute Gasteiger partial charge is 0.295 e. The Balaban J connectivity index is 1.25. The summed E-state index contributed by atoms with van der Waals surface area (Å²) in [6.07, 6.45) is 0. The molecule has 2 heterocycles. The van der Waals surface area contributed by atoms with Crippen molar-refractivity contribution < 1.29 is 0 Å². The topological polar surface area (TPSA) is 65.6 Å². The van der Waals surface area contributed by atoms with Gasteiger partial charge in [-0.3, -0.25) is 9.13 Å². The van der Waals surface area contributed by atoms with Crippen LogP contribution in [0, 0.1) is 0 Å². The number of nitrogens with zero attached hydrogens (tertiary/aromatic N) is 5. The van der Waals surface area contributed by atoms with E-state index < -0.39 is 0 Å². The number of aryl methyl sites for hydroxylation is 2. The molecule has 6 nitrogen and oxygen atoms in total. The lowest BCUT2D eigenvalue weighted by molar-refractivity contribution is 0.661. The number of imidazole rings is 1. The Morgan fingerprint density at radius 1 is 0.511 bits per heavy atom. The molecule has 0 spiro atoms. The lowest BCUT2D eigenvalue weighted by Crippen LogP contribution is -2.19. The van der Waals surface area contributed by atoms with Gasteiger partial charge >= 0.3 is 5.69 Å². The minimum absolute atomic E-state index is 0.0250. The average Bonchev–Trinajstić information content (AvgIpc) is 3.45. The van der Waals surface area contributed by atoms with Gasteiger partial charge in [0.05, 0.1) is 11.0 Å². The van der Waals surface area contributed by atoms with Crippen molar-refractivity contribution in [1.82, 2.24) is 24.1 Å². The molecule has 0 atom stereocenters. The zero-order chi connectivity index (χ0) is 30.9. The van der Waals surface area contributed by atoms with Crippen LogP contribution in [0.3, 0.4) is 0 Å². The monoisotopic (exact) mass is 585 g/mol. The van der Waals surface area contributed by atoms with Crippen molar-refractivity contribution in [2.75, 3.05) is 0 Å². The van der Waals surface area contributed by atoms with Gasteiger partial charge in [0, 0.05) is 41.8 Å². The molecule has 0 unspecified atom stereocenters. The first kappa shape index (κ1) is 27.0. The Labute approximate surface area is 261 Å². The van der Waals surface area contributed by atoms with Gasteiger partial charge in [0.2, 0.25) is 0 Å². The Kier molecular flexibility index (Phi) is 5.97. The van der Waals surface area contributed by atoms with Gasteiger partial charge in [0.15, 0.2) is 17.5 Å². The quantitative estimate of drug-likeness (QED) is 0.210. The second-order valence-corrected chi connectivity index (χ2v) is 12.3. The Morgan fingerprint density at radius 3 is 1.60 bits per heavy atom. The van der Waals surface area contributed by atoms with Gasteiger partial charge < -0.3 is 0 Å². The molecule has 1 aliphatic carbocycles. The fraction of sp³-hybridized carbons (Fsp3) is 0.128. The molecule has 0 aliphatic heterocycles. The van der Waals surface area contributed by atoms with Gasteiger partial charge in [-0.05, 0) is 46.0 Å². The Hall–Kier alpha value is -5.62. The number of hydrogen-bond donors (Lipinski definition) is 0. The molecule has 6 heteroatoms. The summed E-state index contributed by atoms with van der Waals surface area (Å²) in [6, 6.07) is 39.5. The molecular formula is C39H31N5O. The molecule has 218 valence electrons. The number of aromatic nitrogens is 5. The summed E-state index contributed by atoms with van der Waals surface area (Å²) < 4.78 is 3.45. The van der Waals surface area contributed by atoms with Crippen LogP contribution in [0.25, 0.3) is 67.5 Å². The highest BCUT2D eigenvalue weighted by atomic mass is 16.1. The predicted molar refractivity (Wildman–Crippen MR) is 181 cm³/mol. The fourth-order valence-corrected chi connectivity index (χ4v) is 6.79. The normalized spacial score (nSPS) is 13.2. The second-order valence-electron chi connectivity index (χ2n) is 12.3. The molecule has 7 aromatic rings. The molecule has 0 radical (unpaired) electrons. The van der Waals surface area contributed by atoms with Crippen LogP contribution in [0.15, 0.2) is 120 Å². The summed E-state index contributed by atoms with van der Waals surface area (Å²) in [4.78, 5) is 27.6. The highest BCUT2D eigenvalue weighted by Gasteiger charge is 2.36. The molecule has 1 aliphatic rings. The molecule has 0 N–H and O–H groups in total. The van der Waals surface area contributed by atoms with E-state index in [0.717, 1.165) is 38.9 Å². The summed E-state index contributed by atoms with van der Waals surface area (Å²) in [5, 5.41) is 0. The second kappa shape index (κ2) is 9.96. The first-order valence-electron chi connectivity index (χ1n) is 15.1. The maximum atomic E-state index is 12.8. The highest BCUT2D eigenvalue weighted by molar-refractivity contribution is 5.94. The molecule has 8 rings (SSSR count). The lowest BCUT2D eigenvalue weighted by Gasteiger charge is -2.22. The molecule has 0 saturated heterocycles. The first-order valence-corrected chi connectivity index (χ1v) is 15.1. The third-order valence-electron chi connectivity index (χ3n) is 9.23. The van der Waals surface area contributed by atoms with E-state index in [-0.39, 0.29) is 11.1 Å².